The maximum atomic E-state index is 13.4. The molecule has 1 saturated carbocycles. The van der Waals surface area contributed by atoms with Crippen LogP contribution >= 0.6 is 15.9 Å². The Morgan fingerprint density at radius 2 is 1.94 bits per heavy atom. The summed E-state index contributed by atoms with van der Waals surface area (Å²) >= 11 is 3.20. The van der Waals surface area contributed by atoms with Gasteiger partial charge in [-0.15, -0.1) is 0 Å². The van der Waals surface area contributed by atoms with E-state index in [-0.39, 0.29) is 5.82 Å². The van der Waals surface area contributed by atoms with Crippen molar-refractivity contribution in [2.24, 2.45) is 0 Å². The Balaban J connectivity index is 2.11. The third kappa shape index (κ3) is 2.76. The molecule has 1 N–H and O–H groups in total. The summed E-state index contributed by atoms with van der Waals surface area (Å²) in [5.41, 5.74) is 2.03. The molecule has 16 heavy (non-hydrogen) atoms. The lowest BCUT2D eigenvalue weighted by Gasteiger charge is -2.24. The molecule has 0 radical (unpaired) electrons. The third-order valence-corrected chi connectivity index (χ3v) is 3.84. The lowest BCUT2D eigenvalue weighted by Crippen LogP contribution is -2.22. The van der Waals surface area contributed by atoms with E-state index in [1.165, 1.54) is 32.1 Å². The van der Waals surface area contributed by atoms with Crippen LogP contribution in [0.2, 0.25) is 0 Å². The molecule has 0 aromatic heterocycles. The van der Waals surface area contributed by atoms with Crippen LogP contribution < -0.4 is 5.32 Å². The van der Waals surface area contributed by atoms with Crippen molar-refractivity contribution in [1.82, 2.24) is 0 Å². The number of halogens is 2. The van der Waals surface area contributed by atoms with Gasteiger partial charge in [-0.25, -0.2) is 4.39 Å². The molecule has 1 fully saturated rings. The third-order valence-electron chi connectivity index (χ3n) is 3.23. The molecule has 0 unspecified atom stereocenters. The Labute approximate surface area is 105 Å². The summed E-state index contributed by atoms with van der Waals surface area (Å²) in [6, 6.07) is 3.95. The molecule has 0 atom stereocenters. The van der Waals surface area contributed by atoms with Gasteiger partial charge >= 0.3 is 0 Å². The standard InChI is InChI=1S/C13H17BrFN/c1-9-7-11(14)12(15)8-13(9)16-10-5-3-2-4-6-10/h7-8,10,16H,2-6H2,1H3. The molecular formula is C13H17BrFN. The summed E-state index contributed by atoms with van der Waals surface area (Å²) in [5.74, 6) is -0.191. The van der Waals surface area contributed by atoms with Gasteiger partial charge in [0, 0.05) is 11.7 Å². The normalized spacial score (nSPS) is 17.4. The van der Waals surface area contributed by atoms with Crippen molar-refractivity contribution < 1.29 is 4.39 Å². The van der Waals surface area contributed by atoms with E-state index >= 15 is 0 Å². The highest BCUT2D eigenvalue weighted by Crippen LogP contribution is 2.27. The van der Waals surface area contributed by atoms with Crippen LogP contribution in [-0.2, 0) is 0 Å². The van der Waals surface area contributed by atoms with Gasteiger partial charge < -0.3 is 5.32 Å². The first-order chi connectivity index (χ1) is 7.66. The zero-order chi connectivity index (χ0) is 11.5. The Hall–Kier alpha value is -0.570. The molecule has 2 rings (SSSR count). The van der Waals surface area contributed by atoms with Crippen molar-refractivity contribution in [2.45, 2.75) is 45.1 Å². The average molecular weight is 286 g/mol. The number of aryl methyl sites for hydroxylation is 1. The van der Waals surface area contributed by atoms with Gasteiger partial charge in [0.2, 0.25) is 0 Å². The molecule has 0 heterocycles. The predicted octanol–water partition coefficient (Wildman–Crippen LogP) is 4.64. The largest absolute Gasteiger partial charge is 0.382 e. The summed E-state index contributed by atoms with van der Waals surface area (Å²) in [6.45, 7) is 2.01. The van der Waals surface area contributed by atoms with E-state index in [0.717, 1.165) is 11.3 Å². The highest BCUT2D eigenvalue weighted by Gasteiger charge is 2.14. The van der Waals surface area contributed by atoms with Crippen molar-refractivity contribution in [3.63, 3.8) is 0 Å². The highest BCUT2D eigenvalue weighted by atomic mass is 79.9. The Morgan fingerprint density at radius 1 is 1.25 bits per heavy atom. The first kappa shape index (κ1) is 11.9. The minimum atomic E-state index is -0.191. The van der Waals surface area contributed by atoms with Crippen LogP contribution in [0, 0.1) is 12.7 Å². The number of benzene rings is 1. The first-order valence-electron chi connectivity index (χ1n) is 5.89. The van der Waals surface area contributed by atoms with Gasteiger partial charge in [-0.05, 0) is 53.4 Å². The minimum Gasteiger partial charge on any atom is -0.382 e. The molecule has 88 valence electrons. The van der Waals surface area contributed by atoms with E-state index in [1.807, 2.05) is 13.0 Å². The van der Waals surface area contributed by atoms with Crippen LogP contribution in [0.5, 0.6) is 0 Å². The van der Waals surface area contributed by atoms with Crippen LogP contribution in [0.1, 0.15) is 37.7 Å². The number of nitrogens with one attached hydrogen (secondary N) is 1. The molecule has 0 spiro atoms. The van der Waals surface area contributed by atoms with Crippen LogP contribution in [-0.4, -0.2) is 6.04 Å². The molecule has 0 amide bonds. The monoisotopic (exact) mass is 285 g/mol. The van der Waals surface area contributed by atoms with E-state index in [2.05, 4.69) is 21.2 Å². The predicted molar refractivity (Wildman–Crippen MR) is 69.3 cm³/mol. The van der Waals surface area contributed by atoms with Crippen molar-refractivity contribution in [2.75, 3.05) is 5.32 Å². The van der Waals surface area contributed by atoms with Gasteiger partial charge in [0.25, 0.3) is 0 Å². The molecule has 0 aliphatic heterocycles. The number of hydrogen-bond acceptors (Lipinski definition) is 1. The van der Waals surface area contributed by atoms with E-state index < -0.39 is 0 Å². The molecule has 1 aliphatic carbocycles. The molecule has 1 aromatic carbocycles. The summed E-state index contributed by atoms with van der Waals surface area (Å²) in [6.07, 6.45) is 6.32. The highest BCUT2D eigenvalue weighted by molar-refractivity contribution is 9.10. The molecule has 1 aliphatic rings. The van der Waals surface area contributed by atoms with Crippen molar-refractivity contribution in [1.29, 1.82) is 0 Å². The van der Waals surface area contributed by atoms with Gasteiger partial charge in [0.15, 0.2) is 0 Å². The van der Waals surface area contributed by atoms with Crippen molar-refractivity contribution in [3.8, 4) is 0 Å². The van der Waals surface area contributed by atoms with Crippen molar-refractivity contribution >= 4 is 21.6 Å². The number of rotatable bonds is 2. The van der Waals surface area contributed by atoms with Gasteiger partial charge in [0.1, 0.15) is 5.82 Å². The van der Waals surface area contributed by atoms with Crippen LogP contribution in [0.3, 0.4) is 0 Å². The van der Waals surface area contributed by atoms with Crippen LogP contribution in [0.15, 0.2) is 16.6 Å². The van der Waals surface area contributed by atoms with E-state index in [1.54, 1.807) is 6.07 Å². The molecule has 0 saturated heterocycles. The molecule has 1 aromatic rings. The van der Waals surface area contributed by atoms with E-state index in [9.17, 15) is 4.39 Å². The van der Waals surface area contributed by atoms with E-state index in [0.29, 0.717) is 10.5 Å². The number of hydrogen-bond donors (Lipinski definition) is 1. The lowest BCUT2D eigenvalue weighted by atomic mass is 9.95. The summed E-state index contributed by atoms with van der Waals surface area (Å²) in [7, 11) is 0. The first-order valence-corrected chi connectivity index (χ1v) is 6.68. The molecule has 0 bridgehead atoms. The second-order valence-corrected chi connectivity index (χ2v) is 5.41. The Bertz CT molecular complexity index is 372. The molecular weight excluding hydrogens is 269 g/mol. The Morgan fingerprint density at radius 3 is 2.62 bits per heavy atom. The topological polar surface area (TPSA) is 12.0 Å². The Kier molecular flexibility index (Phi) is 3.85. The zero-order valence-corrected chi connectivity index (χ0v) is 11.1. The van der Waals surface area contributed by atoms with E-state index in [4.69, 9.17) is 0 Å². The second kappa shape index (κ2) is 5.17. The fraction of sp³-hybridized carbons (Fsp3) is 0.538. The zero-order valence-electron chi connectivity index (χ0n) is 9.52. The van der Waals surface area contributed by atoms with Crippen molar-refractivity contribution in [3.05, 3.63) is 28.0 Å². The summed E-state index contributed by atoms with van der Waals surface area (Å²) in [4.78, 5) is 0. The fourth-order valence-corrected chi connectivity index (χ4v) is 2.73. The number of anilines is 1. The SMILES string of the molecule is Cc1cc(Br)c(F)cc1NC1CCCCC1. The smallest absolute Gasteiger partial charge is 0.139 e. The van der Waals surface area contributed by atoms with Gasteiger partial charge in [0.05, 0.1) is 4.47 Å². The summed E-state index contributed by atoms with van der Waals surface area (Å²) < 4.78 is 14.0. The maximum Gasteiger partial charge on any atom is 0.139 e. The summed E-state index contributed by atoms with van der Waals surface area (Å²) in [5, 5.41) is 3.46. The lowest BCUT2D eigenvalue weighted by molar-refractivity contribution is 0.462. The molecule has 1 nitrogen and oxygen atoms in total. The second-order valence-electron chi connectivity index (χ2n) is 4.56. The average Bonchev–Trinajstić information content (AvgIpc) is 2.27. The fourth-order valence-electron chi connectivity index (χ4n) is 2.27. The van der Waals surface area contributed by atoms with Gasteiger partial charge in [-0.1, -0.05) is 19.3 Å². The van der Waals surface area contributed by atoms with Gasteiger partial charge in [-0.3, -0.25) is 0 Å². The maximum absolute atomic E-state index is 13.4. The van der Waals surface area contributed by atoms with Crippen LogP contribution in [0.25, 0.3) is 0 Å². The van der Waals surface area contributed by atoms with Crippen LogP contribution in [0.4, 0.5) is 10.1 Å². The minimum absolute atomic E-state index is 0.191. The molecule has 3 heteroatoms. The quantitative estimate of drug-likeness (QED) is 0.835. The van der Waals surface area contributed by atoms with Gasteiger partial charge in [-0.2, -0.15) is 0 Å².